The van der Waals surface area contributed by atoms with E-state index in [0.29, 0.717) is 18.8 Å². The van der Waals surface area contributed by atoms with E-state index in [2.05, 4.69) is 9.97 Å². The Kier molecular flexibility index (Phi) is 6.42. The van der Waals surface area contributed by atoms with Crippen molar-refractivity contribution in [2.24, 2.45) is 0 Å². The van der Waals surface area contributed by atoms with Crippen LogP contribution in [0.2, 0.25) is 0 Å². The molecule has 4 aromatic rings. The van der Waals surface area contributed by atoms with E-state index in [-0.39, 0.29) is 25.0 Å². The first kappa shape index (κ1) is 23.3. The van der Waals surface area contributed by atoms with Crippen LogP contribution < -0.4 is 4.74 Å². The van der Waals surface area contributed by atoms with Crippen LogP contribution in [0, 0.1) is 0 Å². The molecule has 0 bridgehead atoms. The Morgan fingerprint density at radius 1 is 1.14 bits per heavy atom. The highest BCUT2D eigenvalue weighted by molar-refractivity contribution is 6.11. The Labute approximate surface area is 203 Å². The summed E-state index contributed by atoms with van der Waals surface area (Å²) in [5.74, 6) is -0.481. The monoisotopic (exact) mass is 476 g/mol. The lowest BCUT2D eigenvalue weighted by atomic mass is 10.1. The Bertz CT molecular complexity index is 1350. The number of hydrogen-bond acceptors (Lipinski definition) is 7. The number of nitrogens with zero attached hydrogens (tertiary/aromatic N) is 1. The summed E-state index contributed by atoms with van der Waals surface area (Å²) in [7, 11) is 1.59. The number of hydrogen-bond donors (Lipinski definition) is 1. The van der Waals surface area contributed by atoms with Gasteiger partial charge in [0, 0.05) is 29.0 Å². The van der Waals surface area contributed by atoms with Gasteiger partial charge < -0.3 is 28.7 Å². The average molecular weight is 477 g/mol. The predicted molar refractivity (Wildman–Crippen MR) is 130 cm³/mol. The summed E-state index contributed by atoms with van der Waals surface area (Å²) in [4.78, 5) is 20.8. The number of benzene rings is 2. The number of methoxy groups -OCH3 is 1. The maximum Gasteiger partial charge on any atom is 0.357 e. The van der Waals surface area contributed by atoms with Crippen LogP contribution >= 0.6 is 0 Å². The quantitative estimate of drug-likeness (QED) is 0.367. The van der Waals surface area contributed by atoms with E-state index < -0.39 is 11.8 Å². The topological polar surface area (TPSA) is 91.9 Å². The highest BCUT2D eigenvalue weighted by atomic mass is 16.7. The minimum absolute atomic E-state index is 0.0831. The normalized spacial score (nSPS) is 17.2. The second-order valence-electron chi connectivity index (χ2n) is 8.96. The fourth-order valence-corrected chi connectivity index (χ4v) is 4.31. The largest absolute Gasteiger partial charge is 0.489 e. The molecule has 5 rings (SSSR count). The zero-order chi connectivity index (χ0) is 24.4. The molecule has 1 aliphatic rings. The molecule has 0 spiro atoms. The number of aromatic nitrogens is 2. The van der Waals surface area contributed by atoms with E-state index in [1.165, 1.54) is 0 Å². The highest BCUT2D eigenvalue weighted by Crippen LogP contribution is 2.33. The highest BCUT2D eigenvalue weighted by Gasteiger charge is 2.33. The van der Waals surface area contributed by atoms with Crippen molar-refractivity contribution in [1.29, 1.82) is 0 Å². The van der Waals surface area contributed by atoms with Crippen LogP contribution in [0.3, 0.4) is 0 Å². The van der Waals surface area contributed by atoms with Crippen LogP contribution in [0.15, 0.2) is 54.7 Å². The molecule has 0 radical (unpaired) electrons. The number of fused-ring (bicyclic) bond motifs is 3. The molecule has 0 amide bonds. The minimum Gasteiger partial charge on any atom is -0.489 e. The van der Waals surface area contributed by atoms with Crippen LogP contribution in [-0.4, -0.2) is 48.2 Å². The second kappa shape index (κ2) is 9.65. The summed E-state index contributed by atoms with van der Waals surface area (Å²) in [6.45, 7) is 4.77. The number of carbonyl (C=O) groups excluding carboxylic acids is 1. The molecular weight excluding hydrogens is 448 g/mol. The fourth-order valence-electron chi connectivity index (χ4n) is 4.31. The SMILES string of the molecule is COCc1c(C(=O)OCC2COC(C)(C)O2)ncc2[nH]c3ccc(OCc4ccccc4)cc3c12. The molecule has 1 fully saturated rings. The lowest BCUT2D eigenvalue weighted by Crippen LogP contribution is -2.25. The summed E-state index contributed by atoms with van der Waals surface area (Å²) in [5.41, 5.74) is 3.67. The van der Waals surface area contributed by atoms with Gasteiger partial charge in [-0.05, 0) is 37.6 Å². The van der Waals surface area contributed by atoms with Crippen molar-refractivity contribution in [2.45, 2.75) is 39.0 Å². The van der Waals surface area contributed by atoms with Crippen molar-refractivity contribution in [3.63, 3.8) is 0 Å². The first-order valence-corrected chi connectivity index (χ1v) is 11.5. The summed E-state index contributed by atoms with van der Waals surface area (Å²) in [6.07, 6.45) is 1.33. The van der Waals surface area contributed by atoms with Gasteiger partial charge in [0.1, 0.15) is 25.1 Å². The number of H-pyrrole nitrogens is 1. The lowest BCUT2D eigenvalue weighted by Gasteiger charge is -2.17. The Morgan fingerprint density at radius 3 is 2.71 bits per heavy atom. The van der Waals surface area contributed by atoms with Crippen LogP contribution in [0.5, 0.6) is 5.75 Å². The van der Waals surface area contributed by atoms with E-state index in [9.17, 15) is 4.79 Å². The Hall–Kier alpha value is -3.46. The smallest absolute Gasteiger partial charge is 0.357 e. The molecule has 35 heavy (non-hydrogen) atoms. The molecule has 1 atom stereocenters. The molecule has 1 N–H and O–H groups in total. The lowest BCUT2D eigenvalue weighted by molar-refractivity contribution is -0.142. The number of rotatable bonds is 8. The first-order valence-electron chi connectivity index (χ1n) is 11.5. The number of aromatic amines is 1. The van der Waals surface area contributed by atoms with E-state index in [4.69, 9.17) is 23.7 Å². The molecule has 0 saturated carbocycles. The van der Waals surface area contributed by atoms with Crippen LogP contribution in [0.25, 0.3) is 21.8 Å². The Balaban J connectivity index is 1.44. The second-order valence-corrected chi connectivity index (χ2v) is 8.96. The van der Waals surface area contributed by atoms with Gasteiger partial charge in [0.25, 0.3) is 0 Å². The molecule has 8 heteroatoms. The number of carbonyl (C=O) groups is 1. The van der Waals surface area contributed by atoms with Crippen LogP contribution in [-0.2, 0) is 32.2 Å². The van der Waals surface area contributed by atoms with Crippen molar-refractivity contribution in [3.05, 3.63) is 71.5 Å². The van der Waals surface area contributed by atoms with E-state index in [0.717, 1.165) is 33.1 Å². The molecule has 1 unspecified atom stereocenters. The first-order chi connectivity index (χ1) is 16.9. The summed E-state index contributed by atoms with van der Waals surface area (Å²) in [6, 6.07) is 15.8. The van der Waals surface area contributed by atoms with Gasteiger partial charge in [0.05, 0.1) is 24.9 Å². The zero-order valence-electron chi connectivity index (χ0n) is 20.0. The predicted octanol–water partition coefficient (Wildman–Crippen LogP) is 4.75. The van der Waals surface area contributed by atoms with Gasteiger partial charge in [-0.1, -0.05) is 30.3 Å². The van der Waals surface area contributed by atoms with Crippen molar-refractivity contribution in [3.8, 4) is 5.75 Å². The molecule has 1 saturated heterocycles. The van der Waals surface area contributed by atoms with Crippen molar-refractivity contribution in [2.75, 3.05) is 20.3 Å². The minimum atomic E-state index is -0.681. The van der Waals surface area contributed by atoms with Crippen molar-refractivity contribution < 1.29 is 28.5 Å². The third-order valence-electron chi connectivity index (χ3n) is 5.91. The van der Waals surface area contributed by atoms with Crippen LogP contribution in [0.1, 0.15) is 35.5 Å². The zero-order valence-corrected chi connectivity index (χ0v) is 20.0. The average Bonchev–Trinajstić information content (AvgIpc) is 3.41. The van der Waals surface area contributed by atoms with Crippen LogP contribution in [0.4, 0.5) is 0 Å². The van der Waals surface area contributed by atoms with Gasteiger partial charge in [-0.2, -0.15) is 0 Å². The maximum atomic E-state index is 13.0. The maximum absolute atomic E-state index is 13.0. The van der Waals surface area contributed by atoms with Gasteiger partial charge in [0.15, 0.2) is 11.5 Å². The van der Waals surface area contributed by atoms with Gasteiger partial charge >= 0.3 is 5.97 Å². The molecular formula is C27H28N2O6. The number of ether oxygens (including phenoxy) is 5. The van der Waals surface area contributed by atoms with E-state index in [1.54, 1.807) is 13.3 Å². The molecule has 2 aromatic heterocycles. The number of esters is 1. The summed E-state index contributed by atoms with van der Waals surface area (Å²) >= 11 is 0. The molecule has 8 nitrogen and oxygen atoms in total. The fraction of sp³-hybridized carbons (Fsp3) is 0.333. The number of pyridine rings is 1. The molecule has 1 aliphatic heterocycles. The molecule has 0 aliphatic carbocycles. The van der Waals surface area contributed by atoms with E-state index in [1.807, 2.05) is 62.4 Å². The van der Waals surface area contributed by atoms with Gasteiger partial charge in [-0.3, -0.25) is 0 Å². The van der Waals surface area contributed by atoms with Gasteiger partial charge in [-0.25, -0.2) is 9.78 Å². The van der Waals surface area contributed by atoms with Gasteiger partial charge in [0.2, 0.25) is 0 Å². The third kappa shape index (κ3) is 5.00. The number of nitrogens with one attached hydrogen (secondary N) is 1. The molecule has 182 valence electrons. The molecule has 3 heterocycles. The van der Waals surface area contributed by atoms with Crippen molar-refractivity contribution >= 4 is 27.8 Å². The molecule has 2 aromatic carbocycles. The van der Waals surface area contributed by atoms with E-state index >= 15 is 0 Å². The third-order valence-corrected chi connectivity index (χ3v) is 5.91. The van der Waals surface area contributed by atoms with Crippen molar-refractivity contribution in [1.82, 2.24) is 9.97 Å². The summed E-state index contributed by atoms with van der Waals surface area (Å²) < 4.78 is 28.3. The standard InChI is InChI=1S/C27H28N2O6/c1-27(2)34-15-19(35-27)14-33-26(30)25-21(16-31-3)24-20-11-18(32-13-17-7-5-4-6-8-17)9-10-22(20)29-23(24)12-28-25/h4-12,19,29H,13-16H2,1-3H3. The van der Waals surface area contributed by atoms with Gasteiger partial charge in [-0.15, -0.1) is 0 Å². The Morgan fingerprint density at radius 2 is 1.97 bits per heavy atom. The summed E-state index contributed by atoms with van der Waals surface area (Å²) in [5, 5.41) is 1.78.